The van der Waals surface area contributed by atoms with Crippen molar-refractivity contribution in [2.75, 3.05) is 6.61 Å². The zero-order valence-corrected chi connectivity index (χ0v) is 9.88. The molecule has 0 atom stereocenters. The van der Waals surface area contributed by atoms with Crippen molar-refractivity contribution in [2.24, 2.45) is 5.73 Å². The van der Waals surface area contributed by atoms with Crippen LogP contribution in [0.4, 0.5) is 0 Å². The SMILES string of the molecule is CCC(C)(C)NC(=O)COC1CC(N)C1. The van der Waals surface area contributed by atoms with Crippen LogP contribution in [-0.4, -0.2) is 30.2 Å². The minimum Gasteiger partial charge on any atom is -0.368 e. The van der Waals surface area contributed by atoms with E-state index in [1.165, 1.54) is 0 Å². The first kappa shape index (κ1) is 12.5. The molecule has 4 heteroatoms. The molecule has 4 nitrogen and oxygen atoms in total. The predicted molar refractivity (Wildman–Crippen MR) is 59.5 cm³/mol. The van der Waals surface area contributed by atoms with E-state index in [4.69, 9.17) is 10.5 Å². The molecular formula is C11H22N2O2. The van der Waals surface area contributed by atoms with E-state index in [0.29, 0.717) is 0 Å². The van der Waals surface area contributed by atoms with E-state index in [0.717, 1.165) is 19.3 Å². The largest absolute Gasteiger partial charge is 0.368 e. The molecule has 0 aromatic carbocycles. The average molecular weight is 214 g/mol. The molecule has 0 bridgehead atoms. The first-order valence-corrected chi connectivity index (χ1v) is 5.61. The highest BCUT2D eigenvalue weighted by Crippen LogP contribution is 2.20. The van der Waals surface area contributed by atoms with Gasteiger partial charge in [0, 0.05) is 11.6 Å². The highest BCUT2D eigenvalue weighted by atomic mass is 16.5. The molecule has 0 heterocycles. The van der Waals surface area contributed by atoms with Crippen LogP contribution < -0.4 is 11.1 Å². The molecular weight excluding hydrogens is 192 g/mol. The molecule has 1 fully saturated rings. The van der Waals surface area contributed by atoms with Gasteiger partial charge in [0.05, 0.1) is 6.10 Å². The topological polar surface area (TPSA) is 64.3 Å². The van der Waals surface area contributed by atoms with E-state index in [2.05, 4.69) is 5.32 Å². The lowest BCUT2D eigenvalue weighted by atomic mass is 9.90. The number of carbonyl (C=O) groups excluding carboxylic acids is 1. The lowest BCUT2D eigenvalue weighted by Gasteiger charge is -2.32. The highest BCUT2D eigenvalue weighted by molar-refractivity contribution is 5.77. The molecule has 1 aliphatic carbocycles. The van der Waals surface area contributed by atoms with Crippen LogP contribution in [0.15, 0.2) is 0 Å². The number of rotatable bonds is 5. The standard InChI is InChI=1S/C11H22N2O2/c1-4-11(2,3)13-10(14)7-15-9-5-8(12)6-9/h8-9H,4-7,12H2,1-3H3,(H,13,14). The molecule has 0 spiro atoms. The zero-order chi connectivity index (χ0) is 11.5. The molecule has 1 aliphatic rings. The van der Waals surface area contributed by atoms with Gasteiger partial charge < -0.3 is 15.8 Å². The lowest BCUT2D eigenvalue weighted by molar-refractivity contribution is -0.131. The van der Waals surface area contributed by atoms with Crippen molar-refractivity contribution >= 4 is 5.91 Å². The average Bonchev–Trinajstić information content (AvgIpc) is 2.10. The molecule has 0 aromatic heterocycles. The van der Waals surface area contributed by atoms with Gasteiger partial charge in [-0.15, -0.1) is 0 Å². The Bertz CT molecular complexity index is 223. The van der Waals surface area contributed by atoms with Crippen LogP contribution in [0, 0.1) is 0 Å². The number of nitrogens with one attached hydrogen (secondary N) is 1. The summed E-state index contributed by atoms with van der Waals surface area (Å²) < 4.78 is 5.41. The molecule has 88 valence electrons. The Morgan fingerprint density at radius 3 is 2.60 bits per heavy atom. The van der Waals surface area contributed by atoms with Crippen LogP contribution in [0.2, 0.25) is 0 Å². The van der Waals surface area contributed by atoms with E-state index in [1.54, 1.807) is 0 Å². The Hall–Kier alpha value is -0.610. The fourth-order valence-corrected chi connectivity index (χ4v) is 1.44. The maximum Gasteiger partial charge on any atom is 0.246 e. The van der Waals surface area contributed by atoms with Gasteiger partial charge in [-0.25, -0.2) is 0 Å². The Balaban J connectivity index is 2.14. The van der Waals surface area contributed by atoms with Gasteiger partial charge in [0.25, 0.3) is 0 Å². The monoisotopic (exact) mass is 214 g/mol. The van der Waals surface area contributed by atoms with Crippen LogP contribution >= 0.6 is 0 Å². The maximum atomic E-state index is 11.5. The Morgan fingerprint density at radius 2 is 2.13 bits per heavy atom. The van der Waals surface area contributed by atoms with Gasteiger partial charge in [-0.3, -0.25) is 4.79 Å². The number of hydrogen-bond donors (Lipinski definition) is 2. The molecule has 3 N–H and O–H groups in total. The second-order valence-corrected chi connectivity index (χ2v) is 4.95. The van der Waals surface area contributed by atoms with Gasteiger partial charge in [0.15, 0.2) is 0 Å². The molecule has 1 amide bonds. The van der Waals surface area contributed by atoms with Crippen molar-refractivity contribution in [3.63, 3.8) is 0 Å². The third kappa shape index (κ3) is 4.18. The number of nitrogens with two attached hydrogens (primary N) is 1. The first-order chi connectivity index (χ1) is 6.93. The summed E-state index contributed by atoms with van der Waals surface area (Å²) >= 11 is 0. The molecule has 1 rings (SSSR count). The third-order valence-corrected chi connectivity index (χ3v) is 2.94. The molecule has 0 aliphatic heterocycles. The molecule has 0 unspecified atom stereocenters. The van der Waals surface area contributed by atoms with Crippen LogP contribution in [0.5, 0.6) is 0 Å². The Labute approximate surface area is 91.5 Å². The normalized spacial score (nSPS) is 25.9. The maximum absolute atomic E-state index is 11.5. The van der Waals surface area contributed by atoms with E-state index in [1.807, 2.05) is 20.8 Å². The summed E-state index contributed by atoms with van der Waals surface area (Å²) in [6.07, 6.45) is 2.86. The second kappa shape index (κ2) is 4.94. The third-order valence-electron chi connectivity index (χ3n) is 2.94. The Kier molecular flexibility index (Phi) is 4.11. The first-order valence-electron chi connectivity index (χ1n) is 5.61. The Morgan fingerprint density at radius 1 is 1.53 bits per heavy atom. The summed E-state index contributed by atoms with van der Waals surface area (Å²) in [7, 11) is 0. The molecule has 0 radical (unpaired) electrons. The summed E-state index contributed by atoms with van der Waals surface area (Å²) in [5, 5.41) is 2.93. The van der Waals surface area contributed by atoms with Crippen molar-refractivity contribution in [3.05, 3.63) is 0 Å². The molecule has 15 heavy (non-hydrogen) atoms. The fourth-order valence-electron chi connectivity index (χ4n) is 1.44. The van der Waals surface area contributed by atoms with Gasteiger partial charge in [0.1, 0.15) is 6.61 Å². The minimum atomic E-state index is -0.142. The van der Waals surface area contributed by atoms with Crippen LogP contribution in [-0.2, 0) is 9.53 Å². The van der Waals surface area contributed by atoms with Crippen molar-refractivity contribution in [1.82, 2.24) is 5.32 Å². The predicted octanol–water partition coefficient (Wildman–Crippen LogP) is 0.797. The van der Waals surface area contributed by atoms with Crippen molar-refractivity contribution in [1.29, 1.82) is 0 Å². The van der Waals surface area contributed by atoms with Crippen LogP contribution in [0.25, 0.3) is 0 Å². The number of amides is 1. The molecule has 0 saturated heterocycles. The van der Waals surface area contributed by atoms with E-state index < -0.39 is 0 Å². The summed E-state index contributed by atoms with van der Waals surface area (Å²) in [6, 6.07) is 0.269. The second-order valence-electron chi connectivity index (χ2n) is 4.95. The van der Waals surface area contributed by atoms with Gasteiger partial charge in [0.2, 0.25) is 5.91 Å². The highest BCUT2D eigenvalue weighted by Gasteiger charge is 2.27. The van der Waals surface area contributed by atoms with Crippen LogP contribution in [0.3, 0.4) is 0 Å². The van der Waals surface area contributed by atoms with Gasteiger partial charge in [-0.05, 0) is 33.1 Å². The quantitative estimate of drug-likeness (QED) is 0.711. The van der Waals surface area contributed by atoms with Crippen molar-refractivity contribution < 1.29 is 9.53 Å². The fraction of sp³-hybridized carbons (Fsp3) is 0.909. The smallest absolute Gasteiger partial charge is 0.246 e. The van der Waals surface area contributed by atoms with Gasteiger partial charge in [-0.1, -0.05) is 6.92 Å². The van der Waals surface area contributed by atoms with E-state index in [-0.39, 0.29) is 30.2 Å². The number of carbonyl (C=O) groups is 1. The van der Waals surface area contributed by atoms with Crippen LogP contribution in [0.1, 0.15) is 40.0 Å². The van der Waals surface area contributed by atoms with Gasteiger partial charge >= 0.3 is 0 Å². The summed E-state index contributed by atoms with van der Waals surface area (Å²) in [4.78, 5) is 11.5. The number of ether oxygens (including phenoxy) is 1. The summed E-state index contributed by atoms with van der Waals surface area (Å²) in [5.41, 5.74) is 5.48. The zero-order valence-electron chi connectivity index (χ0n) is 9.88. The van der Waals surface area contributed by atoms with Gasteiger partial charge in [-0.2, -0.15) is 0 Å². The molecule has 0 aromatic rings. The van der Waals surface area contributed by atoms with Crippen molar-refractivity contribution in [2.45, 2.75) is 57.7 Å². The lowest BCUT2D eigenvalue weighted by Crippen LogP contribution is -2.47. The van der Waals surface area contributed by atoms with E-state index in [9.17, 15) is 4.79 Å². The van der Waals surface area contributed by atoms with E-state index >= 15 is 0 Å². The summed E-state index contributed by atoms with van der Waals surface area (Å²) in [6.45, 7) is 6.21. The minimum absolute atomic E-state index is 0.0395. The van der Waals surface area contributed by atoms with Crippen molar-refractivity contribution in [3.8, 4) is 0 Å². The molecule has 1 saturated carbocycles. The summed E-state index contributed by atoms with van der Waals surface area (Å²) in [5.74, 6) is -0.0395. The number of hydrogen-bond acceptors (Lipinski definition) is 3.